The van der Waals surface area contributed by atoms with Crippen LogP contribution in [-0.2, 0) is 23.7 Å². The van der Waals surface area contributed by atoms with Crippen LogP contribution in [0.5, 0.6) is 0 Å². The highest BCUT2D eigenvalue weighted by Crippen LogP contribution is 2.46. The first-order chi connectivity index (χ1) is 7.46. The Hall–Kier alpha value is -0.240. The Morgan fingerprint density at radius 1 is 1.31 bits per heavy atom. The highest BCUT2D eigenvalue weighted by atomic mass is 16.8. The fourth-order valence-electron chi connectivity index (χ4n) is 2.57. The monoisotopic (exact) mass is 232 g/mol. The molecule has 4 aliphatic heterocycles. The van der Waals surface area contributed by atoms with Crippen molar-refractivity contribution in [2.75, 3.05) is 13.7 Å². The maximum atomic E-state index is 10.4. The molecular weight excluding hydrogens is 216 g/mol. The molecule has 0 aromatic carbocycles. The molecule has 0 saturated carbocycles. The Bertz CT molecular complexity index is 306. The largest absolute Gasteiger partial charge is 0.359 e. The summed E-state index contributed by atoms with van der Waals surface area (Å²) < 4.78 is 27.4. The third-order valence-corrected chi connectivity index (χ3v) is 3.23. The lowest BCUT2D eigenvalue weighted by Crippen LogP contribution is -2.72. The van der Waals surface area contributed by atoms with Crippen LogP contribution in [0.2, 0.25) is 0 Å². The molecule has 0 spiro atoms. The number of ether oxygens (including phenoxy) is 5. The average molecular weight is 232 g/mol. The van der Waals surface area contributed by atoms with Gasteiger partial charge < -0.3 is 28.8 Å². The predicted molar refractivity (Wildman–Crippen MR) is 50.4 cm³/mol. The van der Waals surface area contributed by atoms with Crippen LogP contribution in [-0.4, -0.2) is 55.0 Å². The fraction of sp³-hybridized carbons (Fsp3) is 1.00. The number of rotatable bonds is 1. The van der Waals surface area contributed by atoms with E-state index in [1.807, 2.05) is 0 Å². The molecule has 2 bridgehead atoms. The number of hydrogen-bond acceptors (Lipinski definition) is 6. The van der Waals surface area contributed by atoms with Crippen LogP contribution in [0, 0.1) is 0 Å². The summed E-state index contributed by atoms with van der Waals surface area (Å²) in [6.07, 6.45) is -1.96. The van der Waals surface area contributed by atoms with Crippen LogP contribution < -0.4 is 0 Å². The molecule has 0 aromatic heterocycles. The van der Waals surface area contributed by atoms with Gasteiger partial charge in [0.05, 0.1) is 6.61 Å². The molecule has 4 fully saturated rings. The molecule has 1 N–H and O–H groups in total. The van der Waals surface area contributed by atoms with Gasteiger partial charge in [-0.3, -0.25) is 0 Å². The van der Waals surface area contributed by atoms with Gasteiger partial charge in [0.25, 0.3) is 0 Å². The van der Waals surface area contributed by atoms with Crippen LogP contribution in [0.25, 0.3) is 0 Å². The van der Waals surface area contributed by atoms with E-state index in [0.717, 1.165) is 0 Å². The molecule has 0 unspecified atom stereocenters. The second kappa shape index (κ2) is 3.16. The van der Waals surface area contributed by atoms with Crippen molar-refractivity contribution in [1.82, 2.24) is 0 Å². The van der Waals surface area contributed by atoms with Gasteiger partial charge in [-0.2, -0.15) is 0 Å². The molecule has 0 amide bonds. The van der Waals surface area contributed by atoms with Gasteiger partial charge in [-0.25, -0.2) is 0 Å². The second-order valence-electron chi connectivity index (χ2n) is 4.83. The number of methoxy groups -OCH3 is 1. The minimum Gasteiger partial charge on any atom is -0.359 e. The zero-order chi connectivity index (χ0) is 11.6. The third kappa shape index (κ3) is 1.28. The second-order valence-corrected chi connectivity index (χ2v) is 4.83. The molecule has 6 nitrogen and oxygen atoms in total. The average Bonchev–Trinajstić information content (AvgIpc) is 2.56. The van der Waals surface area contributed by atoms with Crippen molar-refractivity contribution in [3.8, 4) is 0 Å². The fourth-order valence-corrected chi connectivity index (χ4v) is 2.57. The molecule has 0 radical (unpaired) electrons. The van der Waals surface area contributed by atoms with Gasteiger partial charge in [0, 0.05) is 7.11 Å². The van der Waals surface area contributed by atoms with E-state index < -0.39 is 24.0 Å². The minimum absolute atomic E-state index is 0.259. The van der Waals surface area contributed by atoms with Crippen LogP contribution in [0.15, 0.2) is 0 Å². The Morgan fingerprint density at radius 2 is 2.06 bits per heavy atom. The zero-order valence-electron chi connectivity index (χ0n) is 9.50. The van der Waals surface area contributed by atoms with Gasteiger partial charge in [-0.1, -0.05) is 0 Å². The molecule has 6 heteroatoms. The predicted octanol–water partition coefficient (Wildman–Crippen LogP) is -0.403. The van der Waals surface area contributed by atoms with Crippen molar-refractivity contribution in [1.29, 1.82) is 0 Å². The molecule has 16 heavy (non-hydrogen) atoms. The molecule has 4 saturated heterocycles. The lowest BCUT2D eigenvalue weighted by atomic mass is 9.93. The lowest BCUT2D eigenvalue weighted by Gasteiger charge is -2.51. The summed E-state index contributed by atoms with van der Waals surface area (Å²) in [5, 5.41) is 10.4. The van der Waals surface area contributed by atoms with Crippen LogP contribution in [0.4, 0.5) is 0 Å². The summed E-state index contributed by atoms with van der Waals surface area (Å²) in [5.41, 5.74) is 0. The molecule has 92 valence electrons. The van der Waals surface area contributed by atoms with Gasteiger partial charge in [-0.15, -0.1) is 0 Å². The van der Waals surface area contributed by atoms with Gasteiger partial charge >= 0.3 is 0 Å². The Balaban J connectivity index is 1.94. The SMILES string of the molecule is CO[C@H]1O[C@H]2CO[C@]1(O)[C@H]1OC(C)(C)O[C@@H]21. The first-order valence-corrected chi connectivity index (χ1v) is 5.36. The Morgan fingerprint density at radius 3 is 2.75 bits per heavy atom. The highest BCUT2D eigenvalue weighted by molar-refractivity contribution is 5.04. The van der Waals surface area contributed by atoms with E-state index in [4.69, 9.17) is 23.7 Å². The molecular formula is C10H16O6. The van der Waals surface area contributed by atoms with Crippen LogP contribution >= 0.6 is 0 Å². The van der Waals surface area contributed by atoms with E-state index in [0.29, 0.717) is 0 Å². The van der Waals surface area contributed by atoms with E-state index in [9.17, 15) is 5.11 Å². The molecule has 0 aliphatic carbocycles. The van der Waals surface area contributed by atoms with Gasteiger partial charge in [0.2, 0.25) is 12.1 Å². The zero-order valence-corrected chi connectivity index (χ0v) is 9.50. The first-order valence-electron chi connectivity index (χ1n) is 5.36. The molecule has 0 aromatic rings. The topological polar surface area (TPSA) is 66.4 Å². The van der Waals surface area contributed by atoms with E-state index in [-0.39, 0.29) is 18.8 Å². The van der Waals surface area contributed by atoms with Crippen molar-refractivity contribution < 1.29 is 28.8 Å². The maximum Gasteiger partial charge on any atom is 0.248 e. The summed E-state index contributed by atoms with van der Waals surface area (Å²) in [7, 11) is 1.46. The van der Waals surface area contributed by atoms with Crippen molar-refractivity contribution in [3.05, 3.63) is 0 Å². The van der Waals surface area contributed by atoms with Crippen molar-refractivity contribution >= 4 is 0 Å². The Labute approximate surface area is 93.4 Å². The minimum atomic E-state index is -1.58. The van der Waals surface area contributed by atoms with Crippen LogP contribution in [0.1, 0.15) is 13.8 Å². The number of hydrogen-bond donors (Lipinski definition) is 1. The number of aliphatic hydroxyl groups is 1. The molecule has 5 atom stereocenters. The maximum absolute atomic E-state index is 10.4. The summed E-state index contributed by atoms with van der Waals surface area (Å²) in [4.78, 5) is 0. The standard InChI is InChI=1S/C10H16O6/c1-9(2)15-6-5-4-13-10(11,7(6)16-9)8(12-3)14-5/h5-8,11H,4H2,1-3H3/t5-,6-,7-,8-,10+/m0/s1. The van der Waals surface area contributed by atoms with Crippen molar-refractivity contribution in [2.24, 2.45) is 0 Å². The normalized spacial score (nSPS) is 54.0. The van der Waals surface area contributed by atoms with Gasteiger partial charge in [0.15, 0.2) is 5.79 Å². The van der Waals surface area contributed by atoms with Gasteiger partial charge in [-0.05, 0) is 13.8 Å². The smallest absolute Gasteiger partial charge is 0.248 e. The van der Waals surface area contributed by atoms with E-state index in [1.54, 1.807) is 13.8 Å². The quantitative estimate of drug-likeness (QED) is 0.663. The summed E-state index contributed by atoms with van der Waals surface area (Å²) in [6.45, 7) is 3.89. The van der Waals surface area contributed by atoms with Gasteiger partial charge in [0.1, 0.15) is 18.3 Å². The van der Waals surface area contributed by atoms with E-state index in [1.165, 1.54) is 7.11 Å². The van der Waals surface area contributed by atoms with E-state index >= 15 is 0 Å². The van der Waals surface area contributed by atoms with E-state index in [2.05, 4.69) is 0 Å². The molecule has 4 heterocycles. The summed E-state index contributed by atoms with van der Waals surface area (Å²) in [5.74, 6) is -2.32. The first kappa shape index (κ1) is 10.9. The molecule has 4 rings (SSSR count). The lowest BCUT2D eigenvalue weighted by molar-refractivity contribution is -0.441. The summed E-state index contributed by atoms with van der Waals surface area (Å²) >= 11 is 0. The summed E-state index contributed by atoms with van der Waals surface area (Å²) in [6, 6.07) is 0. The molecule has 4 aliphatic rings. The Kier molecular flexibility index (Phi) is 2.15. The highest BCUT2D eigenvalue weighted by Gasteiger charge is 2.67. The number of fused-ring (bicyclic) bond motifs is 2. The van der Waals surface area contributed by atoms with Crippen LogP contribution in [0.3, 0.4) is 0 Å². The third-order valence-electron chi connectivity index (χ3n) is 3.23. The van der Waals surface area contributed by atoms with Crippen molar-refractivity contribution in [2.45, 2.75) is 50.0 Å². The van der Waals surface area contributed by atoms with Crippen molar-refractivity contribution in [3.63, 3.8) is 0 Å².